The number of rotatable bonds is 2. The second-order valence-corrected chi connectivity index (χ2v) is 4.82. The third kappa shape index (κ3) is 1.71. The second-order valence-electron chi connectivity index (χ2n) is 3.62. The van der Waals surface area contributed by atoms with Gasteiger partial charge in [0.2, 0.25) is 5.91 Å². The molecule has 0 radical (unpaired) electrons. The highest BCUT2D eigenvalue weighted by Gasteiger charge is 2.12. The van der Waals surface area contributed by atoms with Gasteiger partial charge in [-0.3, -0.25) is 9.59 Å². The Kier molecular flexibility index (Phi) is 2.51. The lowest BCUT2D eigenvalue weighted by atomic mass is 10.2. The van der Waals surface area contributed by atoms with E-state index in [0.717, 1.165) is 10.4 Å². The molecule has 16 heavy (non-hydrogen) atoms. The van der Waals surface area contributed by atoms with Crippen LogP contribution in [0.5, 0.6) is 0 Å². The molecule has 0 aliphatic rings. The van der Waals surface area contributed by atoms with E-state index >= 15 is 0 Å². The van der Waals surface area contributed by atoms with Crippen molar-refractivity contribution < 1.29 is 4.79 Å². The number of hydrogen-bond donors (Lipinski definition) is 2. The number of nitrogens with one attached hydrogen (secondary N) is 1. The summed E-state index contributed by atoms with van der Waals surface area (Å²) in [5.74, 6) is -0.182. The van der Waals surface area contributed by atoms with Gasteiger partial charge in [-0.25, -0.2) is 4.98 Å². The van der Waals surface area contributed by atoms with Gasteiger partial charge < -0.3 is 10.7 Å². The summed E-state index contributed by atoms with van der Waals surface area (Å²) in [6.45, 7) is 3.83. The van der Waals surface area contributed by atoms with Gasteiger partial charge in [0.1, 0.15) is 10.7 Å². The summed E-state index contributed by atoms with van der Waals surface area (Å²) in [5, 5.41) is 0.607. The lowest BCUT2D eigenvalue weighted by Gasteiger charge is -1.97. The van der Waals surface area contributed by atoms with Crippen LogP contribution in [0.25, 0.3) is 10.2 Å². The molecule has 0 unspecified atom stereocenters. The minimum absolute atomic E-state index is 0.0405. The van der Waals surface area contributed by atoms with E-state index in [1.54, 1.807) is 0 Å². The number of thiophene rings is 1. The third-order valence-electron chi connectivity index (χ3n) is 2.43. The summed E-state index contributed by atoms with van der Waals surface area (Å²) in [7, 11) is 0. The number of amides is 1. The number of aryl methyl sites for hydroxylation is 2. The highest BCUT2D eigenvalue weighted by atomic mass is 32.1. The highest BCUT2D eigenvalue weighted by molar-refractivity contribution is 7.18. The predicted molar refractivity (Wildman–Crippen MR) is 62.6 cm³/mol. The first-order valence-corrected chi connectivity index (χ1v) is 5.58. The molecule has 2 rings (SSSR count). The Labute approximate surface area is 95.3 Å². The first kappa shape index (κ1) is 10.8. The maximum absolute atomic E-state index is 11.8. The van der Waals surface area contributed by atoms with E-state index < -0.39 is 5.91 Å². The maximum Gasteiger partial charge on any atom is 0.259 e. The minimum atomic E-state index is -0.507. The first-order chi connectivity index (χ1) is 7.49. The Morgan fingerprint density at radius 2 is 2.19 bits per heavy atom. The van der Waals surface area contributed by atoms with Crippen LogP contribution in [0.1, 0.15) is 16.3 Å². The van der Waals surface area contributed by atoms with Gasteiger partial charge in [-0.2, -0.15) is 0 Å². The molecule has 0 aliphatic carbocycles. The molecule has 84 valence electrons. The smallest absolute Gasteiger partial charge is 0.259 e. The molecule has 0 saturated carbocycles. The third-order valence-corrected chi connectivity index (χ3v) is 3.53. The molecule has 0 fully saturated rings. The van der Waals surface area contributed by atoms with E-state index in [4.69, 9.17) is 5.73 Å². The Morgan fingerprint density at radius 1 is 1.50 bits per heavy atom. The lowest BCUT2D eigenvalue weighted by molar-refractivity contribution is -0.117. The molecule has 3 N–H and O–H groups in total. The number of nitrogens with zero attached hydrogens (tertiary/aromatic N) is 1. The fourth-order valence-corrected chi connectivity index (χ4v) is 2.60. The maximum atomic E-state index is 11.8. The summed E-state index contributed by atoms with van der Waals surface area (Å²) in [4.78, 5) is 31.0. The molecule has 2 heterocycles. The topological polar surface area (TPSA) is 88.8 Å². The van der Waals surface area contributed by atoms with Crippen LogP contribution in [0, 0.1) is 13.8 Å². The van der Waals surface area contributed by atoms with Gasteiger partial charge in [-0.05, 0) is 19.4 Å². The van der Waals surface area contributed by atoms with Crippen LogP contribution in [0.3, 0.4) is 0 Å². The van der Waals surface area contributed by atoms with Gasteiger partial charge in [0.05, 0.1) is 11.8 Å². The normalized spacial score (nSPS) is 10.9. The standard InChI is InChI=1S/C10H11N3O2S/c1-4-5(2)16-10-8(4)9(15)12-7(13-10)3-6(11)14/h3H2,1-2H3,(H2,11,14)(H,12,13,15). The molecule has 5 nitrogen and oxygen atoms in total. The van der Waals surface area contributed by atoms with Crippen LogP contribution in [0.4, 0.5) is 0 Å². The molecular formula is C10H11N3O2S. The molecule has 6 heteroatoms. The van der Waals surface area contributed by atoms with Crippen molar-refractivity contribution in [1.82, 2.24) is 9.97 Å². The number of H-pyrrole nitrogens is 1. The SMILES string of the molecule is Cc1sc2nc(CC(N)=O)[nH]c(=O)c2c1C. The fraction of sp³-hybridized carbons (Fsp3) is 0.300. The number of nitrogens with two attached hydrogens (primary N) is 1. The molecule has 0 saturated heterocycles. The summed E-state index contributed by atoms with van der Waals surface area (Å²) in [6, 6.07) is 0. The van der Waals surface area contributed by atoms with E-state index in [-0.39, 0.29) is 12.0 Å². The van der Waals surface area contributed by atoms with Crippen molar-refractivity contribution in [3.63, 3.8) is 0 Å². The number of aromatic amines is 1. The number of primary amides is 1. The van der Waals surface area contributed by atoms with Crippen molar-refractivity contribution in [2.75, 3.05) is 0 Å². The van der Waals surface area contributed by atoms with Crippen molar-refractivity contribution >= 4 is 27.5 Å². The minimum Gasteiger partial charge on any atom is -0.369 e. The van der Waals surface area contributed by atoms with Crippen LogP contribution >= 0.6 is 11.3 Å². The fourth-order valence-electron chi connectivity index (χ4n) is 1.55. The summed E-state index contributed by atoms with van der Waals surface area (Å²) in [6.07, 6.45) is -0.0405. The lowest BCUT2D eigenvalue weighted by Crippen LogP contribution is -2.19. The van der Waals surface area contributed by atoms with E-state index in [9.17, 15) is 9.59 Å². The van der Waals surface area contributed by atoms with E-state index in [0.29, 0.717) is 16.0 Å². The average Bonchev–Trinajstić information content (AvgIpc) is 2.41. The largest absolute Gasteiger partial charge is 0.369 e. The van der Waals surface area contributed by atoms with Crippen LogP contribution in [-0.4, -0.2) is 15.9 Å². The van der Waals surface area contributed by atoms with Crippen LogP contribution in [0.15, 0.2) is 4.79 Å². The van der Waals surface area contributed by atoms with Crippen molar-refractivity contribution in [3.05, 3.63) is 26.6 Å². The van der Waals surface area contributed by atoms with Crippen LogP contribution < -0.4 is 11.3 Å². The molecule has 2 aromatic heterocycles. The molecule has 0 spiro atoms. The van der Waals surface area contributed by atoms with Gasteiger partial charge in [-0.1, -0.05) is 0 Å². The van der Waals surface area contributed by atoms with E-state index in [1.165, 1.54) is 11.3 Å². The Bertz CT molecular complexity index is 627. The highest BCUT2D eigenvalue weighted by Crippen LogP contribution is 2.25. The zero-order valence-corrected chi connectivity index (χ0v) is 9.77. The predicted octanol–water partition coefficient (Wildman–Crippen LogP) is 0.629. The van der Waals surface area contributed by atoms with Crippen LogP contribution in [-0.2, 0) is 11.2 Å². The number of carbonyl (C=O) groups is 1. The number of fused-ring (bicyclic) bond motifs is 1. The van der Waals surface area contributed by atoms with Gasteiger partial charge in [0, 0.05) is 4.88 Å². The summed E-state index contributed by atoms with van der Waals surface area (Å²) < 4.78 is 0. The second kappa shape index (κ2) is 3.71. The number of carbonyl (C=O) groups excluding carboxylic acids is 1. The first-order valence-electron chi connectivity index (χ1n) is 4.76. The number of aromatic nitrogens is 2. The Balaban J connectivity index is 2.69. The zero-order chi connectivity index (χ0) is 11.9. The monoisotopic (exact) mass is 237 g/mol. The summed E-state index contributed by atoms with van der Waals surface area (Å²) in [5.41, 5.74) is 5.79. The van der Waals surface area contributed by atoms with Gasteiger partial charge in [0.15, 0.2) is 0 Å². The molecule has 0 aliphatic heterocycles. The van der Waals surface area contributed by atoms with Gasteiger partial charge in [-0.15, -0.1) is 11.3 Å². The molecule has 0 aromatic carbocycles. The molecule has 1 amide bonds. The van der Waals surface area contributed by atoms with E-state index in [1.807, 2.05) is 13.8 Å². The molecule has 2 aromatic rings. The van der Waals surface area contributed by atoms with Crippen molar-refractivity contribution in [3.8, 4) is 0 Å². The zero-order valence-electron chi connectivity index (χ0n) is 8.96. The van der Waals surface area contributed by atoms with E-state index in [2.05, 4.69) is 9.97 Å². The molecule has 0 atom stereocenters. The quantitative estimate of drug-likeness (QED) is 0.802. The molecule has 0 bridgehead atoms. The van der Waals surface area contributed by atoms with Crippen molar-refractivity contribution in [2.45, 2.75) is 20.3 Å². The van der Waals surface area contributed by atoms with Crippen molar-refractivity contribution in [2.24, 2.45) is 5.73 Å². The summed E-state index contributed by atoms with van der Waals surface area (Å²) >= 11 is 1.45. The molecular weight excluding hydrogens is 226 g/mol. The van der Waals surface area contributed by atoms with Gasteiger partial charge in [0.25, 0.3) is 5.56 Å². The van der Waals surface area contributed by atoms with Crippen LogP contribution in [0.2, 0.25) is 0 Å². The average molecular weight is 237 g/mol. The Hall–Kier alpha value is -1.69. The van der Waals surface area contributed by atoms with Crippen molar-refractivity contribution in [1.29, 1.82) is 0 Å². The number of hydrogen-bond acceptors (Lipinski definition) is 4. The van der Waals surface area contributed by atoms with Gasteiger partial charge >= 0.3 is 0 Å². The Morgan fingerprint density at radius 3 is 2.81 bits per heavy atom.